The molecule has 2 rings (SSSR count). The van der Waals surface area contributed by atoms with E-state index in [2.05, 4.69) is 10.6 Å². The molecular formula is C19H23FN2O4. The minimum atomic E-state index is -0.330. The number of rotatable bonds is 9. The fraction of sp³-hybridized carbons (Fsp3) is 0.316. The number of carbonyl (C=O) groups excluding carboxylic acids is 1. The molecule has 0 atom stereocenters. The van der Waals surface area contributed by atoms with E-state index >= 15 is 0 Å². The number of methoxy groups -OCH3 is 3. The summed E-state index contributed by atoms with van der Waals surface area (Å²) in [5.74, 6) is 1.05. The van der Waals surface area contributed by atoms with Gasteiger partial charge in [-0.3, -0.25) is 4.79 Å². The first-order chi connectivity index (χ1) is 12.6. The average molecular weight is 362 g/mol. The standard InChI is InChI=1S/C19H23FN2O4/c1-24-16-10-14(11-17(25-2)19(16)26-3)21-9-8-18(23)22-12-13-6-4-5-7-15(13)20/h4-7,10-11,21H,8-9,12H2,1-3H3,(H,22,23). The Labute approximate surface area is 152 Å². The van der Waals surface area contributed by atoms with Crippen molar-refractivity contribution < 1.29 is 23.4 Å². The summed E-state index contributed by atoms with van der Waals surface area (Å²) in [5, 5.41) is 5.84. The molecule has 0 aliphatic carbocycles. The highest BCUT2D eigenvalue weighted by Crippen LogP contribution is 2.39. The molecule has 0 saturated heterocycles. The molecule has 26 heavy (non-hydrogen) atoms. The lowest BCUT2D eigenvalue weighted by molar-refractivity contribution is -0.121. The monoisotopic (exact) mass is 362 g/mol. The van der Waals surface area contributed by atoms with Crippen molar-refractivity contribution in [3.63, 3.8) is 0 Å². The molecule has 0 saturated carbocycles. The lowest BCUT2D eigenvalue weighted by atomic mass is 10.2. The summed E-state index contributed by atoms with van der Waals surface area (Å²) >= 11 is 0. The van der Waals surface area contributed by atoms with Gasteiger partial charge in [0.25, 0.3) is 0 Å². The smallest absolute Gasteiger partial charge is 0.222 e. The lowest BCUT2D eigenvalue weighted by Crippen LogP contribution is -2.25. The maximum absolute atomic E-state index is 13.5. The third kappa shape index (κ3) is 5.02. The normalized spacial score (nSPS) is 10.2. The minimum absolute atomic E-state index is 0.162. The molecule has 1 amide bonds. The van der Waals surface area contributed by atoms with Crippen LogP contribution in [0.15, 0.2) is 36.4 Å². The van der Waals surface area contributed by atoms with Crippen LogP contribution in [0.4, 0.5) is 10.1 Å². The van der Waals surface area contributed by atoms with Crippen molar-refractivity contribution in [2.45, 2.75) is 13.0 Å². The SMILES string of the molecule is COc1cc(NCCC(=O)NCc2ccccc2F)cc(OC)c1OC. The summed E-state index contributed by atoms with van der Waals surface area (Å²) in [6.07, 6.45) is 0.241. The van der Waals surface area contributed by atoms with E-state index in [9.17, 15) is 9.18 Å². The van der Waals surface area contributed by atoms with Gasteiger partial charge in [0.05, 0.1) is 21.3 Å². The van der Waals surface area contributed by atoms with Gasteiger partial charge in [-0.15, -0.1) is 0 Å². The largest absolute Gasteiger partial charge is 0.493 e. The molecule has 0 aromatic heterocycles. The van der Waals surface area contributed by atoms with Crippen molar-refractivity contribution in [1.29, 1.82) is 0 Å². The van der Waals surface area contributed by atoms with E-state index in [4.69, 9.17) is 14.2 Å². The Kier molecular flexibility index (Phi) is 7.08. The van der Waals surface area contributed by atoms with Gasteiger partial charge in [0.2, 0.25) is 11.7 Å². The van der Waals surface area contributed by atoms with Crippen LogP contribution in [0.3, 0.4) is 0 Å². The van der Waals surface area contributed by atoms with Gasteiger partial charge >= 0.3 is 0 Å². The summed E-state index contributed by atoms with van der Waals surface area (Å²) in [6.45, 7) is 0.567. The molecule has 6 nitrogen and oxygen atoms in total. The average Bonchev–Trinajstić information content (AvgIpc) is 2.66. The highest BCUT2D eigenvalue weighted by atomic mass is 19.1. The first kappa shape index (κ1) is 19.4. The van der Waals surface area contributed by atoms with Gasteiger partial charge in [0.15, 0.2) is 11.5 Å². The van der Waals surface area contributed by atoms with Crippen LogP contribution >= 0.6 is 0 Å². The van der Waals surface area contributed by atoms with Crippen molar-refractivity contribution in [3.8, 4) is 17.2 Å². The van der Waals surface area contributed by atoms with Gasteiger partial charge < -0.3 is 24.8 Å². The molecule has 0 aliphatic heterocycles. The summed E-state index contributed by atoms with van der Waals surface area (Å²) in [4.78, 5) is 11.9. The third-order valence-electron chi connectivity index (χ3n) is 3.78. The molecule has 2 N–H and O–H groups in total. The number of hydrogen-bond donors (Lipinski definition) is 2. The minimum Gasteiger partial charge on any atom is -0.493 e. The number of hydrogen-bond acceptors (Lipinski definition) is 5. The molecule has 0 unspecified atom stereocenters. The first-order valence-corrected chi connectivity index (χ1v) is 8.13. The second-order valence-electron chi connectivity index (χ2n) is 5.46. The van der Waals surface area contributed by atoms with Crippen molar-refractivity contribution in [3.05, 3.63) is 47.8 Å². The van der Waals surface area contributed by atoms with Gasteiger partial charge in [-0.05, 0) is 6.07 Å². The van der Waals surface area contributed by atoms with E-state index in [0.29, 0.717) is 29.4 Å². The molecule has 0 aliphatic rings. The number of halogens is 1. The van der Waals surface area contributed by atoms with Crippen LogP contribution in [-0.2, 0) is 11.3 Å². The highest BCUT2D eigenvalue weighted by molar-refractivity contribution is 5.76. The Balaban J connectivity index is 1.87. The molecular weight excluding hydrogens is 339 g/mol. The van der Waals surface area contributed by atoms with Gasteiger partial charge in [-0.1, -0.05) is 18.2 Å². The number of amides is 1. The Bertz CT molecular complexity index is 727. The zero-order valence-corrected chi connectivity index (χ0v) is 15.1. The maximum atomic E-state index is 13.5. The van der Waals surface area contributed by atoms with Crippen molar-refractivity contribution in [2.75, 3.05) is 33.2 Å². The molecule has 0 bridgehead atoms. The predicted octanol–water partition coefficient (Wildman–Crippen LogP) is 2.97. The number of ether oxygens (including phenoxy) is 3. The van der Waals surface area contributed by atoms with E-state index < -0.39 is 0 Å². The molecule has 0 fully saturated rings. The van der Waals surface area contributed by atoms with E-state index in [1.165, 1.54) is 27.4 Å². The topological polar surface area (TPSA) is 68.8 Å². The predicted molar refractivity (Wildman–Crippen MR) is 97.5 cm³/mol. The van der Waals surface area contributed by atoms with Crippen molar-refractivity contribution >= 4 is 11.6 Å². The first-order valence-electron chi connectivity index (χ1n) is 8.13. The number of benzene rings is 2. The van der Waals surface area contributed by atoms with Crippen LogP contribution in [0.5, 0.6) is 17.2 Å². The molecule has 2 aromatic rings. The van der Waals surface area contributed by atoms with Gasteiger partial charge in [-0.25, -0.2) is 4.39 Å². The van der Waals surface area contributed by atoms with Crippen LogP contribution in [0.1, 0.15) is 12.0 Å². The highest BCUT2D eigenvalue weighted by Gasteiger charge is 2.13. The van der Waals surface area contributed by atoms with Crippen molar-refractivity contribution in [1.82, 2.24) is 5.32 Å². The Morgan fingerprint density at radius 2 is 1.69 bits per heavy atom. The molecule has 0 radical (unpaired) electrons. The van der Waals surface area contributed by atoms with Gasteiger partial charge in [0.1, 0.15) is 5.82 Å². The molecule has 2 aromatic carbocycles. The fourth-order valence-electron chi connectivity index (χ4n) is 2.43. The van der Waals surface area contributed by atoms with Gasteiger partial charge in [-0.2, -0.15) is 0 Å². The molecule has 140 valence electrons. The van der Waals surface area contributed by atoms with Crippen LogP contribution in [0, 0.1) is 5.82 Å². The lowest BCUT2D eigenvalue weighted by Gasteiger charge is -2.15. The second-order valence-corrected chi connectivity index (χ2v) is 5.46. The van der Waals surface area contributed by atoms with Crippen LogP contribution < -0.4 is 24.8 Å². The molecule has 0 heterocycles. The van der Waals surface area contributed by atoms with Crippen LogP contribution in [0.25, 0.3) is 0 Å². The quantitative estimate of drug-likeness (QED) is 0.718. The fourth-order valence-corrected chi connectivity index (χ4v) is 2.43. The van der Waals surface area contributed by atoms with Crippen LogP contribution in [0.2, 0.25) is 0 Å². The summed E-state index contributed by atoms with van der Waals surface area (Å²) in [7, 11) is 4.61. The zero-order valence-electron chi connectivity index (χ0n) is 15.1. The number of nitrogens with one attached hydrogen (secondary N) is 2. The zero-order chi connectivity index (χ0) is 18.9. The van der Waals surface area contributed by atoms with E-state index in [1.54, 1.807) is 30.3 Å². The Hall–Kier alpha value is -2.96. The van der Waals surface area contributed by atoms with Gasteiger partial charge in [0, 0.05) is 42.9 Å². The van der Waals surface area contributed by atoms with E-state index in [1.807, 2.05) is 0 Å². The van der Waals surface area contributed by atoms with Crippen LogP contribution in [-0.4, -0.2) is 33.8 Å². The molecule has 0 spiro atoms. The van der Waals surface area contributed by atoms with E-state index in [-0.39, 0.29) is 24.7 Å². The number of carbonyl (C=O) groups is 1. The van der Waals surface area contributed by atoms with E-state index in [0.717, 1.165) is 5.69 Å². The third-order valence-corrected chi connectivity index (χ3v) is 3.78. The Morgan fingerprint density at radius 3 is 2.27 bits per heavy atom. The number of anilines is 1. The molecule has 7 heteroatoms. The Morgan fingerprint density at radius 1 is 1.04 bits per heavy atom. The summed E-state index contributed by atoms with van der Waals surface area (Å²) < 4.78 is 29.4. The second kappa shape index (κ2) is 9.50. The van der Waals surface area contributed by atoms with Crippen molar-refractivity contribution in [2.24, 2.45) is 0 Å². The summed E-state index contributed by atoms with van der Waals surface area (Å²) in [5.41, 5.74) is 1.19. The maximum Gasteiger partial charge on any atom is 0.222 e. The summed E-state index contributed by atoms with van der Waals surface area (Å²) in [6, 6.07) is 9.88.